The summed E-state index contributed by atoms with van der Waals surface area (Å²) >= 11 is 0. The van der Waals surface area contributed by atoms with E-state index in [0.29, 0.717) is 23.6 Å². The Morgan fingerprint density at radius 1 is 1.28 bits per heavy atom. The molecule has 0 bridgehead atoms. The van der Waals surface area contributed by atoms with Gasteiger partial charge in [0.25, 0.3) is 5.91 Å². The number of nitrogens with zero attached hydrogens (tertiary/aromatic N) is 3. The fourth-order valence-corrected chi connectivity index (χ4v) is 2.87. The molecular formula is C17H16N4O4. The summed E-state index contributed by atoms with van der Waals surface area (Å²) in [6, 6.07) is 8.66. The lowest BCUT2D eigenvalue weighted by molar-refractivity contribution is -0.132. The normalized spacial score (nSPS) is 20.5. The van der Waals surface area contributed by atoms with Crippen LogP contribution in [-0.2, 0) is 23.3 Å². The van der Waals surface area contributed by atoms with Crippen LogP contribution in [0.1, 0.15) is 31.3 Å². The Morgan fingerprint density at radius 3 is 2.80 bits per heavy atom. The average molecular weight is 340 g/mol. The maximum Gasteiger partial charge on any atom is 0.325 e. The molecule has 25 heavy (non-hydrogen) atoms. The summed E-state index contributed by atoms with van der Waals surface area (Å²) in [6.07, 6.45) is 0.611. The van der Waals surface area contributed by atoms with Gasteiger partial charge in [-0.1, -0.05) is 30.3 Å². The highest BCUT2D eigenvalue weighted by molar-refractivity contribution is 6.07. The summed E-state index contributed by atoms with van der Waals surface area (Å²) in [7, 11) is 0. The Kier molecular flexibility index (Phi) is 3.34. The van der Waals surface area contributed by atoms with E-state index in [1.165, 1.54) is 0 Å². The Labute approximate surface area is 142 Å². The number of nitrogens with one attached hydrogen (secondary N) is 1. The number of carbonyl (C=O) groups excluding carboxylic acids is 2. The lowest BCUT2D eigenvalue weighted by atomic mass is 9.99. The number of aryl methyl sites for hydroxylation is 1. The van der Waals surface area contributed by atoms with E-state index in [2.05, 4.69) is 15.5 Å². The molecule has 0 unspecified atom stereocenters. The van der Waals surface area contributed by atoms with E-state index in [1.807, 2.05) is 31.2 Å². The molecule has 0 radical (unpaired) electrons. The molecule has 1 N–H and O–H groups in total. The molecule has 2 aromatic heterocycles. The highest BCUT2D eigenvalue weighted by Gasteiger charge is 2.51. The van der Waals surface area contributed by atoms with Gasteiger partial charge >= 0.3 is 6.03 Å². The molecule has 128 valence electrons. The molecule has 1 atom stereocenters. The van der Waals surface area contributed by atoms with Crippen molar-refractivity contribution in [2.24, 2.45) is 0 Å². The molecule has 8 nitrogen and oxygen atoms in total. The molecule has 3 heterocycles. The first-order valence-electron chi connectivity index (χ1n) is 7.96. The van der Waals surface area contributed by atoms with Gasteiger partial charge in [-0.2, -0.15) is 4.98 Å². The van der Waals surface area contributed by atoms with E-state index >= 15 is 0 Å². The Bertz CT molecular complexity index is 943. The van der Waals surface area contributed by atoms with Crippen LogP contribution < -0.4 is 5.32 Å². The minimum absolute atomic E-state index is 0.0759. The van der Waals surface area contributed by atoms with Crippen molar-refractivity contribution >= 4 is 22.9 Å². The number of hydrogen-bond acceptors (Lipinski definition) is 6. The number of para-hydroxylation sites is 1. The summed E-state index contributed by atoms with van der Waals surface area (Å²) in [5.74, 6) is 0.707. The van der Waals surface area contributed by atoms with Gasteiger partial charge < -0.3 is 14.3 Å². The standard InChI is InChI=1S/C17H16N4O4/c1-3-13-18-14(25-20-13)9-21-15(22)17(2,19-16(21)23)12-8-10-6-4-5-7-11(10)24-12/h4-8H,3,9H2,1-2H3,(H,19,23)/t17-/m0/s1. The van der Waals surface area contributed by atoms with E-state index in [9.17, 15) is 9.59 Å². The largest absolute Gasteiger partial charge is 0.458 e. The van der Waals surface area contributed by atoms with Crippen LogP contribution in [0.15, 0.2) is 39.3 Å². The topological polar surface area (TPSA) is 101 Å². The minimum atomic E-state index is -1.27. The number of hydrogen-bond donors (Lipinski definition) is 1. The predicted molar refractivity (Wildman–Crippen MR) is 86.3 cm³/mol. The summed E-state index contributed by atoms with van der Waals surface area (Å²) < 4.78 is 10.9. The predicted octanol–water partition coefficient (Wildman–Crippen LogP) is 2.35. The van der Waals surface area contributed by atoms with Crippen LogP contribution in [0.4, 0.5) is 4.79 Å². The second-order valence-corrected chi connectivity index (χ2v) is 6.05. The molecule has 3 amide bonds. The number of amides is 3. The van der Waals surface area contributed by atoms with Gasteiger partial charge in [0, 0.05) is 11.8 Å². The Balaban J connectivity index is 1.65. The monoisotopic (exact) mass is 340 g/mol. The van der Waals surface area contributed by atoms with E-state index in [4.69, 9.17) is 8.94 Å². The van der Waals surface area contributed by atoms with Crippen molar-refractivity contribution in [2.75, 3.05) is 0 Å². The van der Waals surface area contributed by atoms with Gasteiger partial charge in [-0.25, -0.2) is 4.79 Å². The number of carbonyl (C=O) groups is 2. The molecule has 0 aliphatic carbocycles. The highest BCUT2D eigenvalue weighted by Crippen LogP contribution is 2.33. The third kappa shape index (κ3) is 2.37. The van der Waals surface area contributed by atoms with Crippen LogP contribution in [0, 0.1) is 0 Å². The average Bonchev–Trinajstić information content (AvgIpc) is 3.29. The molecule has 1 aromatic carbocycles. The van der Waals surface area contributed by atoms with Gasteiger partial charge in [-0.15, -0.1) is 0 Å². The smallest absolute Gasteiger partial charge is 0.325 e. The Hall–Kier alpha value is -3.16. The van der Waals surface area contributed by atoms with Crippen LogP contribution in [-0.4, -0.2) is 27.0 Å². The van der Waals surface area contributed by atoms with Crippen LogP contribution in [0.2, 0.25) is 0 Å². The fourth-order valence-electron chi connectivity index (χ4n) is 2.87. The SMILES string of the molecule is CCc1noc(CN2C(=O)N[C@@](C)(c3cc4ccccc4o3)C2=O)n1. The number of imide groups is 1. The number of urea groups is 1. The van der Waals surface area contributed by atoms with Crippen LogP contribution in [0.5, 0.6) is 0 Å². The van der Waals surface area contributed by atoms with Gasteiger partial charge in [-0.3, -0.25) is 9.69 Å². The highest BCUT2D eigenvalue weighted by atomic mass is 16.5. The van der Waals surface area contributed by atoms with Crippen molar-refractivity contribution in [3.8, 4) is 0 Å². The fraction of sp³-hybridized carbons (Fsp3) is 0.294. The molecular weight excluding hydrogens is 324 g/mol. The van der Waals surface area contributed by atoms with Crippen LogP contribution >= 0.6 is 0 Å². The molecule has 0 spiro atoms. The number of furan rings is 1. The quantitative estimate of drug-likeness (QED) is 0.732. The van der Waals surface area contributed by atoms with E-state index in [1.54, 1.807) is 13.0 Å². The maximum absolute atomic E-state index is 12.9. The lowest BCUT2D eigenvalue weighted by Crippen LogP contribution is -2.40. The molecule has 1 aliphatic heterocycles. The molecule has 1 saturated heterocycles. The first-order valence-corrected chi connectivity index (χ1v) is 7.96. The van der Waals surface area contributed by atoms with Gasteiger partial charge in [0.1, 0.15) is 17.9 Å². The van der Waals surface area contributed by atoms with Gasteiger partial charge in [0.05, 0.1) is 0 Å². The number of benzene rings is 1. The van der Waals surface area contributed by atoms with Gasteiger partial charge in [0.2, 0.25) is 5.89 Å². The molecule has 0 saturated carbocycles. The third-order valence-electron chi connectivity index (χ3n) is 4.31. The summed E-state index contributed by atoms with van der Waals surface area (Å²) in [5, 5.41) is 7.34. The third-order valence-corrected chi connectivity index (χ3v) is 4.31. The first kappa shape index (κ1) is 15.4. The molecule has 4 rings (SSSR count). The van der Waals surface area contributed by atoms with Gasteiger partial charge in [-0.05, 0) is 19.1 Å². The second-order valence-electron chi connectivity index (χ2n) is 6.05. The van der Waals surface area contributed by atoms with Crippen molar-refractivity contribution in [3.63, 3.8) is 0 Å². The van der Waals surface area contributed by atoms with Crippen molar-refractivity contribution in [3.05, 3.63) is 47.8 Å². The van der Waals surface area contributed by atoms with Crippen LogP contribution in [0.25, 0.3) is 11.0 Å². The van der Waals surface area contributed by atoms with Crippen molar-refractivity contribution in [1.29, 1.82) is 0 Å². The number of fused-ring (bicyclic) bond motifs is 1. The van der Waals surface area contributed by atoms with E-state index in [-0.39, 0.29) is 12.4 Å². The zero-order chi connectivity index (χ0) is 17.6. The van der Waals surface area contributed by atoms with Gasteiger partial charge in [0.15, 0.2) is 11.4 Å². The number of rotatable bonds is 4. The summed E-state index contributed by atoms with van der Waals surface area (Å²) in [4.78, 5) is 30.4. The van der Waals surface area contributed by atoms with Crippen LogP contribution in [0.3, 0.4) is 0 Å². The Morgan fingerprint density at radius 2 is 2.08 bits per heavy atom. The molecule has 1 fully saturated rings. The summed E-state index contributed by atoms with van der Waals surface area (Å²) in [5.41, 5.74) is -0.618. The molecule has 3 aromatic rings. The lowest BCUT2D eigenvalue weighted by Gasteiger charge is -2.18. The molecule has 1 aliphatic rings. The van der Waals surface area contributed by atoms with E-state index < -0.39 is 17.5 Å². The molecule has 8 heteroatoms. The summed E-state index contributed by atoms with van der Waals surface area (Å²) in [6.45, 7) is 3.44. The second kappa shape index (κ2) is 5.44. The van der Waals surface area contributed by atoms with Crippen molar-refractivity contribution in [2.45, 2.75) is 32.4 Å². The zero-order valence-corrected chi connectivity index (χ0v) is 13.8. The maximum atomic E-state index is 12.9. The van der Waals surface area contributed by atoms with Crippen molar-refractivity contribution in [1.82, 2.24) is 20.4 Å². The zero-order valence-electron chi connectivity index (χ0n) is 13.8. The van der Waals surface area contributed by atoms with E-state index in [0.717, 1.165) is 10.3 Å². The first-order chi connectivity index (χ1) is 12.0. The minimum Gasteiger partial charge on any atom is -0.458 e. The van der Waals surface area contributed by atoms with Crippen molar-refractivity contribution < 1.29 is 18.5 Å². The number of aromatic nitrogens is 2.